The summed E-state index contributed by atoms with van der Waals surface area (Å²) in [5, 5.41) is 3.02. The summed E-state index contributed by atoms with van der Waals surface area (Å²) in [5.41, 5.74) is 5.23. The molecule has 0 bridgehead atoms. The first-order valence-electron chi connectivity index (χ1n) is 11.7. The van der Waals surface area contributed by atoms with Crippen LogP contribution in [0.4, 0.5) is 0 Å². The summed E-state index contributed by atoms with van der Waals surface area (Å²) >= 11 is 3.40. The normalized spacial score (nSPS) is 11.0. The number of imidazole rings is 1. The molecule has 0 unspecified atom stereocenters. The summed E-state index contributed by atoms with van der Waals surface area (Å²) in [5.74, 6) is 1.89. The van der Waals surface area contributed by atoms with E-state index in [0.717, 1.165) is 46.5 Å². The number of ether oxygens (including phenoxy) is 1. The second-order valence-corrected chi connectivity index (χ2v) is 9.35. The number of aromatic nitrogens is 2. The zero-order valence-corrected chi connectivity index (χ0v) is 21.3. The van der Waals surface area contributed by atoms with Gasteiger partial charge in [-0.3, -0.25) is 4.79 Å². The van der Waals surface area contributed by atoms with Crippen LogP contribution in [-0.4, -0.2) is 28.6 Å². The van der Waals surface area contributed by atoms with Crippen molar-refractivity contribution in [1.29, 1.82) is 0 Å². The van der Waals surface area contributed by atoms with Gasteiger partial charge in [0.05, 0.1) is 17.6 Å². The first-order chi connectivity index (χ1) is 16.5. The molecule has 6 heteroatoms. The molecule has 1 heterocycles. The zero-order chi connectivity index (χ0) is 23.9. The first kappa shape index (κ1) is 24.0. The molecule has 34 heavy (non-hydrogen) atoms. The summed E-state index contributed by atoms with van der Waals surface area (Å²) in [6.07, 6.45) is 2.62. The Labute approximate surface area is 209 Å². The van der Waals surface area contributed by atoms with E-state index in [2.05, 4.69) is 51.8 Å². The minimum absolute atomic E-state index is 0.0706. The molecule has 4 rings (SSSR count). The van der Waals surface area contributed by atoms with Crippen molar-refractivity contribution < 1.29 is 9.53 Å². The van der Waals surface area contributed by atoms with E-state index in [1.807, 2.05) is 54.6 Å². The second kappa shape index (κ2) is 11.3. The molecule has 0 fully saturated rings. The zero-order valence-electron chi connectivity index (χ0n) is 19.7. The largest absolute Gasteiger partial charge is 0.493 e. The lowest BCUT2D eigenvalue weighted by Gasteiger charge is -2.12. The lowest BCUT2D eigenvalue weighted by molar-refractivity contribution is 0.0954. The topological polar surface area (TPSA) is 56.1 Å². The van der Waals surface area contributed by atoms with Crippen molar-refractivity contribution in [3.05, 3.63) is 93.7 Å². The maximum Gasteiger partial charge on any atom is 0.251 e. The summed E-state index contributed by atoms with van der Waals surface area (Å²) in [7, 11) is 0. The van der Waals surface area contributed by atoms with Gasteiger partial charge in [0.1, 0.15) is 11.6 Å². The quantitative estimate of drug-likeness (QED) is 0.252. The molecular weight excluding hydrogens is 490 g/mol. The van der Waals surface area contributed by atoms with Gasteiger partial charge in [0.25, 0.3) is 5.91 Å². The molecule has 0 spiro atoms. The SMILES string of the molecule is Cc1cccc(OCCCCn2c(CCNC(=O)c3ccc(Br)cc3)nc3ccccc32)c1C. The first-order valence-corrected chi connectivity index (χ1v) is 12.5. The monoisotopic (exact) mass is 519 g/mol. The van der Waals surface area contributed by atoms with Gasteiger partial charge in [-0.1, -0.05) is 40.2 Å². The minimum Gasteiger partial charge on any atom is -0.493 e. The Bertz CT molecular complexity index is 1260. The van der Waals surface area contributed by atoms with Crippen LogP contribution in [0.5, 0.6) is 5.75 Å². The van der Waals surface area contributed by atoms with E-state index in [-0.39, 0.29) is 5.91 Å². The maximum atomic E-state index is 12.4. The van der Waals surface area contributed by atoms with Crippen molar-refractivity contribution >= 4 is 32.9 Å². The second-order valence-electron chi connectivity index (χ2n) is 8.43. The highest BCUT2D eigenvalue weighted by Gasteiger charge is 2.11. The van der Waals surface area contributed by atoms with Crippen molar-refractivity contribution in [1.82, 2.24) is 14.9 Å². The Hall–Kier alpha value is -3.12. The molecule has 176 valence electrons. The van der Waals surface area contributed by atoms with Gasteiger partial charge in [-0.15, -0.1) is 0 Å². The van der Waals surface area contributed by atoms with E-state index < -0.39 is 0 Å². The smallest absolute Gasteiger partial charge is 0.251 e. The molecule has 1 aromatic heterocycles. The molecule has 5 nitrogen and oxygen atoms in total. The summed E-state index contributed by atoms with van der Waals surface area (Å²) in [6.45, 7) is 6.30. The van der Waals surface area contributed by atoms with E-state index >= 15 is 0 Å². The van der Waals surface area contributed by atoms with Crippen LogP contribution in [-0.2, 0) is 13.0 Å². The van der Waals surface area contributed by atoms with Crippen molar-refractivity contribution in [3.63, 3.8) is 0 Å². The number of amides is 1. The van der Waals surface area contributed by atoms with Crippen LogP contribution in [0.2, 0.25) is 0 Å². The standard InChI is InChI=1S/C28H30BrN3O2/c1-20-8-7-11-26(21(20)2)34-19-6-5-18-32-25-10-4-3-9-24(25)31-27(32)16-17-30-28(33)22-12-14-23(29)15-13-22/h3-4,7-15H,5-6,16-19H2,1-2H3,(H,30,33). The van der Waals surface area contributed by atoms with Gasteiger partial charge in [-0.05, 0) is 80.3 Å². The molecule has 0 aliphatic heterocycles. The predicted molar refractivity (Wildman–Crippen MR) is 141 cm³/mol. The highest BCUT2D eigenvalue weighted by Crippen LogP contribution is 2.21. The van der Waals surface area contributed by atoms with Gasteiger partial charge in [0, 0.05) is 29.5 Å². The Morgan fingerprint density at radius 3 is 2.62 bits per heavy atom. The number of hydrogen-bond acceptors (Lipinski definition) is 3. The van der Waals surface area contributed by atoms with Gasteiger partial charge in [-0.25, -0.2) is 4.98 Å². The Morgan fingerprint density at radius 1 is 1.00 bits per heavy atom. The Morgan fingerprint density at radius 2 is 1.79 bits per heavy atom. The average molecular weight is 520 g/mol. The summed E-state index contributed by atoms with van der Waals surface area (Å²) in [4.78, 5) is 17.3. The van der Waals surface area contributed by atoms with Gasteiger partial charge in [-0.2, -0.15) is 0 Å². The number of benzene rings is 3. The van der Waals surface area contributed by atoms with Crippen LogP contribution in [0.25, 0.3) is 11.0 Å². The molecule has 3 aromatic carbocycles. The van der Waals surface area contributed by atoms with Crippen LogP contribution in [0.3, 0.4) is 0 Å². The van der Waals surface area contributed by atoms with Crippen LogP contribution < -0.4 is 10.1 Å². The maximum absolute atomic E-state index is 12.4. The predicted octanol–water partition coefficient (Wildman–Crippen LogP) is 6.25. The number of nitrogens with zero attached hydrogens (tertiary/aromatic N) is 2. The van der Waals surface area contributed by atoms with Gasteiger partial charge < -0.3 is 14.6 Å². The van der Waals surface area contributed by atoms with E-state index in [0.29, 0.717) is 25.1 Å². The number of unbranched alkanes of at least 4 members (excludes halogenated alkanes) is 1. The van der Waals surface area contributed by atoms with Crippen molar-refractivity contribution in [2.75, 3.05) is 13.2 Å². The van der Waals surface area contributed by atoms with Gasteiger partial charge >= 0.3 is 0 Å². The van der Waals surface area contributed by atoms with Crippen LogP contribution >= 0.6 is 15.9 Å². The number of fused-ring (bicyclic) bond motifs is 1. The highest BCUT2D eigenvalue weighted by atomic mass is 79.9. The lowest BCUT2D eigenvalue weighted by atomic mass is 10.1. The third-order valence-corrected chi connectivity index (χ3v) is 6.59. The Balaban J connectivity index is 1.33. The third-order valence-electron chi connectivity index (χ3n) is 6.06. The molecular formula is C28H30BrN3O2. The van der Waals surface area contributed by atoms with Crippen molar-refractivity contribution in [2.45, 2.75) is 39.7 Å². The van der Waals surface area contributed by atoms with Crippen molar-refractivity contribution in [3.8, 4) is 5.75 Å². The van der Waals surface area contributed by atoms with Crippen LogP contribution in [0, 0.1) is 13.8 Å². The van der Waals surface area contributed by atoms with E-state index in [1.54, 1.807) is 0 Å². The summed E-state index contributed by atoms with van der Waals surface area (Å²) in [6, 6.07) is 21.8. The van der Waals surface area contributed by atoms with Crippen molar-refractivity contribution in [2.24, 2.45) is 0 Å². The number of carbonyl (C=O) groups is 1. The molecule has 0 radical (unpaired) electrons. The third kappa shape index (κ3) is 5.86. The van der Waals surface area contributed by atoms with Crippen LogP contribution in [0.1, 0.15) is 40.2 Å². The lowest BCUT2D eigenvalue weighted by Crippen LogP contribution is -2.26. The Kier molecular flexibility index (Phi) is 8.01. The molecule has 1 amide bonds. The molecule has 0 aliphatic rings. The number of para-hydroxylation sites is 2. The van der Waals surface area contributed by atoms with E-state index in [9.17, 15) is 4.79 Å². The number of carbonyl (C=O) groups excluding carboxylic acids is 1. The molecule has 0 saturated carbocycles. The van der Waals surface area contributed by atoms with Gasteiger partial charge in [0.2, 0.25) is 0 Å². The number of rotatable bonds is 10. The highest BCUT2D eigenvalue weighted by molar-refractivity contribution is 9.10. The average Bonchev–Trinajstić information content (AvgIpc) is 3.19. The number of halogens is 1. The van der Waals surface area contributed by atoms with E-state index in [4.69, 9.17) is 9.72 Å². The fraction of sp³-hybridized carbons (Fsp3) is 0.286. The fourth-order valence-corrected chi connectivity index (χ4v) is 4.26. The summed E-state index contributed by atoms with van der Waals surface area (Å²) < 4.78 is 9.25. The molecule has 0 aliphatic carbocycles. The molecule has 0 saturated heterocycles. The number of hydrogen-bond donors (Lipinski definition) is 1. The molecule has 4 aromatic rings. The number of nitrogens with one attached hydrogen (secondary N) is 1. The molecule has 1 N–H and O–H groups in total. The number of aryl methyl sites for hydroxylation is 2. The minimum atomic E-state index is -0.0706. The van der Waals surface area contributed by atoms with E-state index in [1.165, 1.54) is 11.1 Å². The van der Waals surface area contributed by atoms with Crippen LogP contribution in [0.15, 0.2) is 71.2 Å². The molecule has 0 atom stereocenters. The van der Waals surface area contributed by atoms with Gasteiger partial charge in [0.15, 0.2) is 0 Å². The fourth-order valence-electron chi connectivity index (χ4n) is 3.99.